The highest BCUT2D eigenvalue weighted by Gasteiger charge is 2.35. The minimum Gasteiger partial charge on any atom is -0.481 e. The van der Waals surface area contributed by atoms with Crippen molar-refractivity contribution in [2.75, 3.05) is 23.5 Å². The van der Waals surface area contributed by atoms with Gasteiger partial charge in [0.1, 0.15) is 12.5 Å². The number of hydrogen-bond acceptors (Lipinski definition) is 4. The fourth-order valence-corrected chi connectivity index (χ4v) is 6.18. The number of aliphatic carboxylic acids is 1. The Morgan fingerprint density at radius 3 is 2.47 bits per heavy atom. The van der Waals surface area contributed by atoms with Gasteiger partial charge in [0.05, 0.1) is 23.9 Å². The molecule has 38 heavy (non-hydrogen) atoms. The molecule has 0 aromatic heterocycles. The molecule has 1 unspecified atom stereocenters. The Hall–Kier alpha value is -3.13. The van der Waals surface area contributed by atoms with E-state index in [4.69, 9.17) is 4.74 Å². The van der Waals surface area contributed by atoms with Gasteiger partial charge in [0.25, 0.3) is 0 Å². The standard InChI is InChI=1S/C30H38FN3O4/c31-26-17-22-19-38-20-33(16-15-25(29(35)36)21-9-3-1-4-10-21)30(37)34(24-13-7-8-14-24)28(22)18-27(26)32-23-11-5-2-6-12-23/h1,3-4,9-10,17-18,23-25,32H,2,5-8,11-16,19-20H2,(H,35,36). The summed E-state index contributed by atoms with van der Waals surface area (Å²) in [6, 6.07) is 12.5. The summed E-state index contributed by atoms with van der Waals surface area (Å²) < 4.78 is 21.1. The number of nitrogens with zero attached hydrogens (tertiary/aromatic N) is 2. The molecule has 2 N–H and O–H groups in total. The van der Waals surface area contributed by atoms with Gasteiger partial charge < -0.3 is 20.1 Å². The van der Waals surface area contributed by atoms with E-state index >= 15 is 4.39 Å². The number of fused-ring (bicyclic) bond motifs is 1. The SMILES string of the molecule is O=C(O)C(CCN1COCc2cc(F)c(NC3CCCCC3)cc2N(C2CCCC2)C1=O)c1ccccc1. The van der Waals surface area contributed by atoms with Crippen LogP contribution in [0.15, 0.2) is 42.5 Å². The van der Waals surface area contributed by atoms with E-state index in [0.29, 0.717) is 22.5 Å². The molecule has 0 radical (unpaired) electrons. The minimum absolute atomic E-state index is 0.0271. The zero-order chi connectivity index (χ0) is 26.5. The fourth-order valence-electron chi connectivity index (χ4n) is 6.18. The zero-order valence-electron chi connectivity index (χ0n) is 21.9. The maximum absolute atomic E-state index is 15.2. The van der Waals surface area contributed by atoms with Crippen LogP contribution in [0.5, 0.6) is 0 Å². The Morgan fingerprint density at radius 2 is 1.76 bits per heavy atom. The van der Waals surface area contributed by atoms with E-state index in [0.717, 1.165) is 51.4 Å². The van der Waals surface area contributed by atoms with Crippen molar-refractivity contribution in [3.63, 3.8) is 0 Å². The third-order valence-corrected chi connectivity index (χ3v) is 8.25. The predicted molar refractivity (Wildman–Crippen MR) is 145 cm³/mol. The second kappa shape index (κ2) is 12.2. The van der Waals surface area contributed by atoms with Crippen LogP contribution in [0.3, 0.4) is 0 Å². The normalized spacial score (nSPS) is 20.1. The molecule has 3 aliphatic rings. The molecular weight excluding hydrogens is 485 g/mol. The van der Waals surface area contributed by atoms with Gasteiger partial charge in [0, 0.05) is 24.2 Å². The number of ether oxygens (including phenoxy) is 1. The molecule has 2 aliphatic carbocycles. The molecule has 1 heterocycles. The summed E-state index contributed by atoms with van der Waals surface area (Å²) in [4.78, 5) is 29.6. The first kappa shape index (κ1) is 26.5. The minimum atomic E-state index is -0.913. The van der Waals surface area contributed by atoms with Gasteiger partial charge in [0.15, 0.2) is 0 Å². The first-order chi connectivity index (χ1) is 18.5. The van der Waals surface area contributed by atoms with Crippen molar-refractivity contribution in [2.45, 2.75) is 88.8 Å². The van der Waals surface area contributed by atoms with E-state index in [2.05, 4.69) is 5.32 Å². The Labute approximate surface area is 224 Å². The van der Waals surface area contributed by atoms with Crippen LogP contribution in [0.2, 0.25) is 0 Å². The number of carbonyl (C=O) groups excluding carboxylic acids is 1. The molecule has 2 saturated carbocycles. The largest absolute Gasteiger partial charge is 0.481 e. The molecule has 5 rings (SSSR count). The lowest BCUT2D eigenvalue weighted by atomic mass is 9.95. The van der Waals surface area contributed by atoms with Crippen LogP contribution in [0, 0.1) is 5.82 Å². The molecule has 2 amide bonds. The van der Waals surface area contributed by atoms with Gasteiger partial charge >= 0.3 is 12.0 Å². The van der Waals surface area contributed by atoms with Gasteiger partial charge in [-0.2, -0.15) is 0 Å². The molecular formula is C30H38FN3O4. The van der Waals surface area contributed by atoms with E-state index in [-0.39, 0.29) is 50.2 Å². The van der Waals surface area contributed by atoms with Gasteiger partial charge in [0.2, 0.25) is 0 Å². The topological polar surface area (TPSA) is 82.1 Å². The Bertz CT molecular complexity index is 1120. The number of halogens is 1. The number of hydrogen-bond donors (Lipinski definition) is 2. The summed E-state index contributed by atoms with van der Waals surface area (Å²) in [6.45, 7) is 0.466. The number of carboxylic acids is 1. The molecule has 7 nitrogen and oxygen atoms in total. The van der Waals surface area contributed by atoms with Crippen molar-refractivity contribution in [2.24, 2.45) is 0 Å². The van der Waals surface area contributed by atoms with Crippen molar-refractivity contribution < 1.29 is 23.8 Å². The lowest BCUT2D eigenvalue weighted by Crippen LogP contribution is -2.50. The first-order valence-corrected chi connectivity index (χ1v) is 14.0. The summed E-state index contributed by atoms with van der Waals surface area (Å²) in [6.07, 6.45) is 9.69. The zero-order valence-corrected chi connectivity index (χ0v) is 21.9. The molecule has 2 aromatic rings. The van der Waals surface area contributed by atoms with E-state index in [1.807, 2.05) is 23.1 Å². The third-order valence-electron chi connectivity index (χ3n) is 8.25. The number of anilines is 2. The maximum Gasteiger partial charge on any atom is 0.326 e. The van der Waals surface area contributed by atoms with Crippen molar-refractivity contribution in [3.05, 3.63) is 59.4 Å². The van der Waals surface area contributed by atoms with Gasteiger partial charge in [-0.05, 0) is 49.8 Å². The van der Waals surface area contributed by atoms with Gasteiger partial charge in [-0.3, -0.25) is 9.69 Å². The van der Waals surface area contributed by atoms with Crippen molar-refractivity contribution >= 4 is 23.4 Å². The molecule has 204 valence electrons. The van der Waals surface area contributed by atoms with E-state index in [1.165, 1.54) is 12.5 Å². The average Bonchev–Trinajstić information content (AvgIpc) is 3.44. The van der Waals surface area contributed by atoms with Crippen LogP contribution in [-0.2, 0) is 16.1 Å². The van der Waals surface area contributed by atoms with E-state index in [9.17, 15) is 14.7 Å². The lowest BCUT2D eigenvalue weighted by Gasteiger charge is -2.38. The lowest BCUT2D eigenvalue weighted by molar-refractivity contribution is -0.139. The van der Waals surface area contributed by atoms with Crippen LogP contribution >= 0.6 is 0 Å². The molecule has 2 fully saturated rings. The smallest absolute Gasteiger partial charge is 0.326 e. The molecule has 8 heteroatoms. The number of nitrogens with one attached hydrogen (secondary N) is 1. The quantitative estimate of drug-likeness (QED) is 0.413. The number of urea groups is 1. The highest BCUT2D eigenvalue weighted by Crippen LogP contribution is 2.37. The predicted octanol–water partition coefficient (Wildman–Crippen LogP) is 6.49. The highest BCUT2D eigenvalue weighted by atomic mass is 19.1. The number of carboxylic acid groups (broad SMARTS) is 1. The third kappa shape index (κ3) is 5.96. The fraction of sp³-hybridized carbons (Fsp3) is 0.533. The van der Waals surface area contributed by atoms with Gasteiger partial charge in [-0.15, -0.1) is 0 Å². The molecule has 1 aliphatic heterocycles. The summed E-state index contributed by atoms with van der Waals surface area (Å²) in [5.74, 6) is -1.95. The number of amides is 2. The van der Waals surface area contributed by atoms with Crippen LogP contribution in [0.1, 0.15) is 81.3 Å². The second-order valence-corrected chi connectivity index (χ2v) is 10.9. The summed E-state index contributed by atoms with van der Waals surface area (Å²) in [5.41, 5.74) is 2.52. The molecule has 0 spiro atoms. The summed E-state index contributed by atoms with van der Waals surface area (Å²) >= 11 is 0. The van der Waals surface area contributed by atoms with Crippen molar-refractivity contribution in [1.29, 1.82) is 0 Å². The summed E-state index contributed by atoms with van der Waals surface area (Å²) in [5, 5.41) is 13.3. The molecule has 2 aromatic carbocycles. The van der Waals surface area contributed by atoms with E-state index < -0.39 is 11.9 Å². The summed E-state index contributed by atoms with van der Waals surface area (Å²) in [7, 11) is 0. The Morgan fingerprint density at radius 1 is 1.05 bits per heavy atom. The van der Waals surface area contributed by atoms with Crippen molar-refractivity contribution in [1.82, 2.24) is 4.90 Å². The van der Waals surface area contributed by atoms with Crippen molar-refractivity contribution in [3.8, 4) is 0 Å². The monoisotopic (exact) mass is 523 g/mol. The number of carbonyl (C=O) groups is 2. The van der Waals surface area contributed by atoms with Gasteiger partial charge in [-0.25, -0.2) is 9.18 Å². The van der Waals surface area contributed by atoms with Crippen LogP contribution < -0.4 is 10.2 Å². The van der Waals surface area contributed by atoms with E-state index in [1.54, 1.807) is 23.1 Å². The Balaban J connectivity index is 1.41. The first-order valence-electron chi connectivity index (χ1n) is 14.0. The molecule has 1 atom stereocenters. The number of benzene rings is 2. The van der Waals surface area contributed by atoms with Crippen LogP contribution in [-0.4, -0.2) is 47.4 Å². The number of rotatable bonds is 8. The molecule has 0 saturated heterocycles. The molecule has 0 bridgehead atoms. The van der Waals surface area contributed by atoms with Gasteiger partial charge in [-0.1, -0.05) is 62.4 Å². The van der Waals surface area contributed by atoms with Crippen LogP contribution in [0.4, 0.5) is 20.6 Å². The van der Waals surface area contributed by atoms with Crippen LogP contribution in [0.25, 0.3) is 0 Å². The average molecular weight is 524 g/mol. The Kier molecular flexibility index (Phi) is 8.47. The highest BCUT2D eigenvalue weighted by molar-refractivity contribution is 5.94. The second-order valence-electron chi connectivity index (χ2n) is 10.9. The maximum atomic E-state index is 15.2.